The summed E-state index contributed by atoms with van der Waals surface area (Å²) >= 11 is 11.9. The first-order valence-electron chi connectivity index (χ1n) is 9.10. The Balaban J connectivity index is 1.86. The molecule has 150 valence electrons. The van der Waals surface area contributed by atoms with Crippen molar-refractivity contribution in [2.75, 3.05) is 11.9 Å². The van der Waals surface area contributed by atoms with Gasteiger partial charge in [-0.2, -0.15) is 11.7 Å². The molecule has 0 aliphatic heterocycles. The molecule has 0 atom stereocenters. The molecular weight excluding hydrogens is 409 g/mol. The van der Waals surface area contributed by atoms with E-state index in [-0.39, 0.29) is 0 Å². The molecule has 1 N–H and O–H groups in total. The minimum Gasteiger partial charge on any atom is -0.364 e. The Hall–Kier alpha value is -2.69. The van der Waals surface area contributed by atoms with Crippen LogP contribution in [-0.2, 0) is 13.5 Å². The molecule has 29 heavy (non-hydrogen) atoms. The first kappa shape index (κ1) is 21.0. The SMILES string of the molecule is [C-]#[N+]/N=C(\CNc1cc(C(C)C)c2c(C)nn(C)c2n1)Cc1cc(Cl)nc(Cl)c1. The fourth-order valence-electron chi connectivity index (χ4n) is 3.27. The largest absolute Gasteiger partial charge is 0.364 e. The van der Waals surface area contributed by atoms with Gasteiger partial charge in [-0.05, 0) is 42.2 Å². The van der Waals surface area contributed by atoms with Crippen LogP contribution in [0.3, 0.4) is 0 Å². The van der Waals surface area contributed by atoms with Crippen molar-refractivity contribution >= 4 is 45.8 Å². The summed E-state index contributed by atoms with van der Waals surface area (Å²) in [5, 5.41) is 13.4. The van der Waals surface area contributed by atoms with Crippen molar-refractivity contribution in [3.63, 3.8) is 0 Å². The highest BCUT2D eigenvalue weighted by Crippen LogP contribution is 2.29. The van der Waals surface area contributed by atoms with Crippen LogP contribution in [0.25, 0.3) is 16.0 Å². The van der Waals surface area contributed by atoms with Gasteiger partial charge >= 0.3 is 0 Å². The quantitative estimate of drug-likeness (QED) is 0.258. The van der Waals surface area contributed by atoms with Crippen LogP contribution < -0.4 is 5.32 Å². The normalized spacial score (nSPS) is 11.9. The maximum absolute atomic E-state index is 7.11. The molecule has 3 aromatic rings. The van der Waals surface area contributed by atoms with E-state index in [0.717, 1.165) is 22.3 Å². The molecule has 0 aliphatic carbocycles. The fraction of sp³-hybridized carbons (Fsp3) is 0.350. The van der Waals surface area contributed by atoms with Crippen molar-refractivity contribution in [3.8, 4) is 0 Å². The molecule has 0 radical (unpaired) electrons. The van der Waals surface area contributed by atoms with Crippen molar-refractivity contribution in [2.24, 2.45) is 12.1 Å². The van der Waals surface area contributed by atoms with Gasteiger partial charge in [0.05, 0.1) is 17.3 Å². The molecule has 3 aromatic heterocycles. The van der Waals surface area contributed by atoms with E-state index in [1.165, 1.54) is 5.56 Å². The average Bonchev–Trinajstić information content (AvgIpc) is 2.92. The molecule has 0 bridgehead atoms. The molecule has 3 heterocycles. The van der Waals surface area contributed by atoms with Crippen LogP contribution >= 0.6 is 23.2 Å². The number of pyridine rings is 2. The molecule has 0 saturated heterocycles. The van der Waals surface area contributed by atoms with Gasteiger partial charge in [-0.3, -0.25) is 4.68 Å². The van der Waals surface area contributed by atoms with E-state index in [1.807, 2.05) is 20.0 Å². The summed E-state index contributed by atoms with van der Waals surface area (Å²) in [4.78, 5) is 11.8. The number of hydrogen-bond donors (Lipinski definition) is 1. The number of hydrogen-bond acceptors (Lipinski definition) is 5. The first-order valence-corrected chi connectivity index (χ1v) is 9.86. The van der Waals surface area contributed by atoms with Crippen LogP contribution in [0.2, 0.25) is 10.3 Å². The van der Waals surface area contributed by atoms with E-state index in [1.54, 1.807) is 16.8 Å². The highest BCUT2D eigenvalue weighted by molar-refractivity contribution is 6.32. The molecule has 0 amide bonds. The Morgan fingerprint density at radius 1 is 1.24 bits per heavy atom. The molecule has 0 aliphatic rings. The lowest BCUT2D eigenvalue weighted by atomic mass is 10.00. The van der Waals surface area contributed by atoms with Crippen LogP contribution in [0.5, 0.6) is 0 Å². The third kappa shape index (κ3) is 4.84. The van der Waals surface area contributed by atoms with Gasteiger partial charge in [-0.15, -0.1) is 4.95 Å². The molecule has 0 aromatic carbocycles. The summed E-state index contributed by atoms with van der Waals surface area (Å²) in [5.74, 6) is 1.04. The summed E-state index contributed by atoms with van der Waals surface area (Å²) < 4.78 is 1.79. The second-order valence-electron chi connectivity index (χ2n) is 7.08. The van der Waals surface area contributed by atoms with E-state index in [2.05, 4.69) is 39.3 Å². The number of nitrogens with zero attached hydrogens (tertiary/aromatic N) is 6. The van der Waals surface area contributed by atoms with E-state index >= 15 is 0 Å². The maximum atomic E-state index is 7.11. The summed E-state index contributed by atoms with van der Waals surface area (Å²) in [6.45, 7) is 13.8. The molecular formula is C20H21Cl2N7. The molecule has 3 rings (SSSR count). The maximum Gasteiger partial charge on any atom is 0.160 e. The summed E-state index contributed by atoms with van der Waals surface area (Å²) in [6, 6.07) is 5.47. The number of aromatic nitrogens is 4. The van der Waals surface area contributed by atoms with Crippen molar-refractivity contribution in [3.05, 3.63) is 56.9 Å². The van der Waals surface area contributed by atoms with Crippen LogP contribution in [0, 0.1) is 13.5 Å². The average molecular weight is 430 g/mol. The van der Waals surface area contributed by atoms with Gasteiger partial charge in [0.15, 0.2) is 5.65 Å². The molecule has 0 spiro atoms. The number of anilines is 1. The third-order valence-electron chi connectivity index (χ3n) is 4.52. The lowest BCUT2D eigenvalue weighted by Crippen LogP contribution is -2.17. The van der Waals surface area contributed by atoms with Gasteiger partial charge in [0.25, 0.3) is 0 Å². The zero-order chi connectivity index (χ0) is 21.1. The van der Waals surface area contributed by atoms with Gasteiger partial charge in [-0.1, -0.05) is 37.0 Å². The predicted octanol–water partition coefficient (Wildman–Crippen LogP) is 5.03. The first-order chi connectivity index (χ1) is 13.8. The summed E-state index contributed by atoms with van der Waals surface area (Å²) in [7, 11) is 1.89. The molecule has 9 heteroatoms. The fourth-order valence-corrected chi connectivity index (χ4v) is 3.78. The topological polar surface area (TPSA) is 72.3 Å². The Labute approximate surface area is 179 Å². The predicted molar refractivity (Wildman–Crippen MR) is 118 cm³/mol. The smallest absolute Gasteiger partial charge is 0.160 e. The Morgan fingerprint density at radius 2 is 1.93 bits per heavy atom. The summed E-state index contributed by atoms with van der Waals surface area (Å²) in [6.07, 6.45) is 0.432. The standard InChI is InChI=1S/C20H21Cl2N7/c1-11(2)15-9-18(26-20-19(15)12(3)28-29(20)5)24-10-14(27-23-4)6-13-7-16(21)25-17(22)8-13/h7-9,11H,6,10H2,1-3,5H3,(H,24,26)/b27-14-. The zero-order valence-corrected chi connectivity index (χ0v) is 18.2. The highest BCUT2D eigenvalue weighted by atomic mass is 35.5. The van der Waals surface area contributed by atoms with Crippen molar-refractivity contribution in [1.82, 2.24) is 19.7 Å². The number of aryl methyl sites for hydroxylation is 2. The van der Waals surface area contributed by atoms with Crippen LogP contribution in [0.15, 0.2) is 23.3 Å². The lowest BCUT2D eigenvalue weighted by Gasteiger charge is -2.12. The van der Waals surface area contributed by atoms with Gasteiger partial charge in [-0.25, -0.2) is 9.97 Å². The minimum absolute atomic E-state index is 0.308. The molecule has 0 saturated carbocycles. The summed E-state index contributed by atoms with van der Waals surface area (Å²) in [5.41, 5.74) is 4.46. The second-order valence-corrected chi connectivity index (χ2v) is 7.85. The number of fused-ring (bicyclic) bond motifs is 1. The van der Waals surface area contributed by atoms with Crippen LogP contribution in [-0.4, -0.2) is 32.0 Å². The zero-order valence-electron chi connectivity index (χ0n) is 16.7. The highest BCUT2D eigenvalue weighted by Gasteiger charge is 2.16. The Kier molecular flexibility index (Phi) is 6.36. The third-order valence-corrected chi connectivity index (χ3v) is 4.90. The number of rotatable bonds is 6. The number of nitrogens with one attached hydrogen (secondary N) is 1. The Bertz CT molecular complexity index is 1110. The van der Waals surface area contributed by atoms with E-state index in [4.69, 9.17) is 34.8 Å². The van der Waals surface area contributed by atoms with Crippen LogP contribution in [0.4, 0.5) is 5.82 Å². The van der Waals surface area contributed by atoms with Gasteiger partial charge < -0.3 is 5.32 Å². The van der Waals surface area contributed by atoms with E-state index < -0.39 is 0 Å². The van der Waals surface area contributed by atoms with Gasteiger partial charge in [0, 0.05) is 18.9 Å². The van der Waals surface area contributed by atoms with Gasteiger partial charge in [0.2, 0.25) is 0 Å². The van der Waals surface area contributed by atoms with E-state index in [9.17, 15) is 0 Å². The van der Waals surface area contributed by atoms with Gasteiger partial charge in [0.1, 0.15) is 21.8 Å². The van der Waals surface area contributed by atoms with Crippen molar-refractivity contribution < 1.29 is 0 Å². The monoisotopic (exact) mass is 429 g/mol. The Morgan fingerprint density at radius 3 is 2.55 bits per heavy atom. The molecule has 7 nitrogen and oxygen atoms in total. The van der Waals surface area contributed by atoms with Crippen molar-refractivity contribution in [1.29, 1.82) is 0 Å². The van der Waals surface area contributed by atoms with Crippen LogP contribution in [0.1, 0.15) is 36.6 Å². The lowest BCUT2D eigenvalue weighted by molar-refractivity contribution is 0.774. The number of halogens is 2. The minimum atomic E-state index is 0.308. The van der Waals surface area contributed by atoms with E-state index in [0.29, 0.717) is 40.7 Å². The van der Waals surface area contributed by atoms with Crippen molar-refractivity contribution in [2.45, 2.75) is 33.1 Å². The second kappa shape index (κ2) is 8.76. The molecule has 0 unspecified atom stereocenters. The molecule has 0 fully saturated rings.